The van der Waals surface area contributed by atoms with Gasteiger partial charge < -0.3 is 10.0 Å². The minimum atomic E-state index is -1.43. The molecular weight excluding hydrogens is 271 g/mol. The van der Waals surface area contributed by atoms with E-state index in [1.54, 1.807) is 6.07 Å². The monoisotopic (exact) mass is 288 g/mol. The maximum atomic E-state index is 9.46. The summed E-state index contributed by atoms with van der Waals surface area (Å²) in [6, 6.07) is 18.6. The summed E-state index contributed by atoms with van der Waals surface area (Å²) in [6.45, 7) is 4.45. The minimum absolute atomic E-state index is 0.0758. The standard InChI is InChI=1S/C19H17BO2/c1-19(2)17-8-7-14(20(21)22)11-16(17)15-9-12-5-3-4-6-13(12)10-18(15)19/h3-11,21-22H,1-2H3. The Balaban J connectivity index is 2.06. The van der Waals surface area contributed by atoms with Crippen molar-refractivity contribution in [2.75, 3.05) is 0 Å². The summed E-state index contributed by atoms with van der Waals surface area (Å²) in [6.07, 6.45) is 0. The molecule has 22 heavy (non-hydrogen) atoms. The summed E-state index contributed by atoms with van der Waals surface area (Å²) >= 11 is 0. The van der Waals surface area contributed by atoms with Crippen LogP contribution in [-0.2, 0) is 5.41 Å². The average molecular weight is 288 g/mol. The van der Waals surface area contributed by atoms with Crippen LogP contribution in [0.4, 0.5) is 0 Å². The highest BCUT2D eigenvalue weighted by Crippen LogP contribution is 2.49. The molecule has 3 heteroatoms. The lowest BCUT2D eigenvalue weighted by atomic mass is 9.77. The summed E-state index contributed by atoms with van der Waals surface area (Å²) in [5, 5.41) is 21.4. The Bertz CT molecular complexity index is 897. The molecule has 0 bridgehead atoms. The van der Waals surface area contributed by atoms with Crippen molar-refractivity contribution >= 4 is 23.4 Å². The first-order valence-corrected chi connectivity index (χ1v) is 7.53. The van der Waals surface area contributed by atoms with Gasteiger partial charge in [-0.1, -0.05) is 56.3 Å². The van der Waals surface area contributed by atoms with Crippen molar-refractivity contribution in [1.29, 1.82) is 0 Å². The molecule has 0 spiro atoms. The minimum Gasteiger partial charge on any atom is -0.423 e. The SMILES string of the molecule is CC1(C)c2ccc(B(O)O)cc2-c2cc3ccccc3cc21. The molecule has 0 amide bonds. The Kier molecular flexibility index (Phi) is 2.74. The number of benzene rings is 3. The van der Waals surface area contributed by atoms with Gasteiger partial charge in [-0.15, -0.1) is 0 Å². The molecule has 2 nitrogen and oxygen atoms in total. The van der Waals surface area contributed by atoms with E-state index in [2.05, 4.69) is 44.2 Å². The molecule has 0 saturated heterocycles. The number of hydrogen-bond donors (Lipinski definition) is 2. The van der Waals surface area contributed by atoms with E-state index in [-0.39, 0.29) is 5.41 Å². The van der Waals surface area contributed by atoms with Crippen molar-refractivity contribution in [3.63, 3.8) is 0 Å². The predicted octanol–water partition coefficient (Wildman–Crippen LogP) is 2.83. The van der Waals surface area contributed by atoms with E-state index in [9.17, 15) is 10.0 Å². The molecule has 0 heterocycles. The molecule has 0 unspecified atom stereocenters. The largest absolute Gasteiger partial charge is 0.488 e. The van der Waals surface area contributed by atoms with Gasteiger partial charge in [-0.2, -0.15) is 0 Å². The predicted molar refractivity (Wildman–Crippen MR) is 91.3 cm³/mol. The summed E-state index contributed by atoms with van der Waals surface area (Å²) in [4.78, 5) is 0. The second-order valence-corrected chi connectivity index (χ2v) is 6.55. The first kappa shape index (κ1) is 13.6. The van der Waals surface area contributed by atoms with Gasteiger partial charge >= 0.3 is 7.12 Å². The highest BCUT2D eigenvalue weighted by atomic mass is 16.4. The Morgan fingerprint density at radius 2 is 1.41 bits per heavy atom. The molecule has 3 aromatic carbocycles. The van der Waals surface area contributed by atoms with Crippen LogP contribution in [0.5, 0.6) is 0 Å². The zero-order chi connectivity index (χ0) is 15.5. The quantitative estimate of drug-likeness (QED) is 0.676. The van der Waals surface area contributed by atoms with E-state index >= 15 is 0 Å². The molecule has 4 rings (SSSR count). The van der Waals surface area contributed by atoms with Crippen LogP contribution >= 0.6 is 0 Å². The van der Waals surface area contributed by atoms with Gasteiger partial charge in [0.2, 0.25) is 0 Å². The van der Waals surface area contributed by atoms with Gasteiger partial charge in [0.25, 0.3) is 0 Å². The molecule has 0 aliphatic heterocycles. The summed E-state index contributed by atoms with van der Waals surface area (Å²) in [5.41, 5.74) is 5.30. The van der Waals surface area contributed by atoms with Crippen LogP contribution in [0.25, 0.3) is 21.9 Å². The fraction of sp³-hybridized carbons (Fsp3) is 0.158. The molecule has 0 radical (unpaired) electrons. The third kappa shape index (κ3) is 1.76. The molecule has 2 N–H and O–H groups in total. The Labute approximate surface area is 130 Å². The molecule has 3 aromatic rings. The van der Waals surface area contributed by atoms with Crippen LogP contribution in [0, 0.1) is 0 Å². The topological polar surface area (TPSA) is 40.5 Å². The van der Waals surface area contributed by atoms with Gasteiger partial charge in [-0.3, -0.25) is 0 Å². The second kappa shape index (κ2) is 4.45. The lowest BCUT2D eigenvalue weighted by Gasteiger charge is -2.21. The fourth-order valence-corrected chi connectivity index (χ4v) is 3.62. The van der Waals surface area contributed by atoms with E-state index in [1.807, 2.05) is 18.2 Å². The highest BCUT2D eigenvalue weighted by molar-refractivity contribution is 6.58. The van der Waals surface area contributed by atoms with Crippen LogP contribution in [0.1, 0.15) is 25.0 Å². The van der Waals surface area contributed by atoms with E-state index in [0.29, 0.717) is 5.46 Å². The van der Waals surface area contributed by atoms with Gasteiger partial charge in [-0.25, -0.2) is 0 Å². The smallest absolute Gasteiger partial charge is 0.423 e. The lowest BCUT2D eigenvalue weighted by Crippen LogP contribution is -2.30. The molecule has 0 aromatic heterocycles. The molecule has 0 atom stereocenters. The Morgan fingerprint density at radius 1 is 0.773 bits per heavy atom. The number of fused-ring (bicyclic) bond motifs is 4. The van der Waals surface area contributed by atoms with E-state index in [1.165, 1.54) is 27.5 Å². The van der Waals surface area contributed by atoms with Gasteiger partial charge in [0.05, 0.1) is 0 Å². The number of hydrogen-bond acceptors (Lipinski definition) is 2. The lowest BCUT2D eigenvalue weighted by molar-refractivity contribution is 0.426. The van der Waals surface area contributed by atoms with Crippen LogP contribution in [0.15, 0.2) is 54.6 Å². The zero-order valence-corrected chi connectivity index (χ0v) is 12.7. The fourth-order valence-electron chi connectivity index (χ4n) is 3.62. The van der Waals surface area contributed by atoms with E-state index in [4.69, 9.17) is 0 Å². The van der Waals surface area contributed by atoms with Crippen LogP contribution < -0.4 is 5.46 Å². The molecule has 0 fully saturated rings. The van der Waals surface area contributed by atoms with Crippen molar-refractivity contribution in [3.05, 3.63) is 65.7 Å². The maximum absolute atomic E-state index is 9.46. The second-order valence-electron chi connectivity index (χ2n) is 6.55. The van der Waals surface area contributed by atoms with Gasteiger partial charge in [0.1, 0.15) is 0 Å². The molecule has 108 valence electrons. The summed E-state index contributed by atoms with van der Waals surface area (Å²) < 4.78 is 0. The van der Waals surface area contributed by atoms with Gasteiger partial charge in [0, 0.05) is 5.41 Å². The molecular formula is C19H17BO2. The zero-order valence-electron chi connectivity index (χ0n) is 12.7. The number of rotatable bonds is 1. The molecule has 1 aliphatic carbocycles. The highest BCUT2D eigenvalue weighted by Gasteiger charge is 2.36. The molecule has 0 saturated carbocycles. The van der Waals surface area contributed by atoms with E-state index in [0.717, 1.165) is 5.56 Å². The van der Waals surface area contributed by atoms with Crippen LogP contribution in [0.2, 0.25) is 0 Å². The average Bonchev–Trinajstić information content (AvgIpc) is 2.73. The van der Waals surface area contributed by atoms with E-state index < -0.39 is 7.12 Å². The third-order valence-corrected chi connectivity index (χ3v) is 4.86. The molecule has 1 aliphatic rings. The maximum Gasteiger partial charge on any atom is 0.488 e. The Hall–Kier alpha value is -2.10. The first-order chi connectivity index (χ1) is 10.5. The van der Waals surface area contributed by atoms with Gasteiger partial charge in [-0.05, 0) is 50.6 Å². The van der Waals surface area contributed by atoms with Crippen molar-refractivity contribution in [2.45, 2.75) is 19.3 Å². The van der Waals surface area contributed by atoms with Crippen LogP contribution in [-0.4, -0.2) is 17.2 Å². The van der Waals surface area contributed by atoms with Crippen molar-refractivity contribution in [1.82, 2.24) is 0 Å². The van der Waals surface area contributed by atoms with Crippen LogP contribution in [0.3, 0.4) is 0 Å². The summed E-state index contributed by atoms with van der Waals surface area (Å²) in [5.74, 6) is 0. The Morgan fingerprint density at radius 3 is 2.09 bits per heavy atom. The van der Waals surface area contributed by atoms with Gasteiger partial charge in [0.15, 0.2) is 0 Å². The van der Waals surface area contributed by atoms with Crippen molar-refractivity contribution < 1.29 is 10.0 Å². The normalized spacial score (nSPS) is 14.7. The third-order valence-electron chi connectivity index (χ3n) is 4.86. The van der Waals surface area contributed by atoms with Crippen molar-refractivity contribution in [2.24, 2.45) is 0 Å². The van der Waals surface area contributed by atoms with Crippen molar-refractivity contribution in [3.8, 4) is 11.1 Å². The first-order valence-electron chi connectivity index (χ1n) is 7.53. The summed E-state index contributed by atoms with van der Waals surface area (Å²) in [7, 11) is -1.43.